The van der Waals surface area contributed by atoms with E-state index >= 15 is 0 Å². The second-order valence-corrected chi connectivity index (χ2v) is 10.7. The van der Waals surface area contributed by atoms with Gasteiger partial charge < -0.3 is 24.2 Å². The van der Waals surface area contributed by atoms with E-state index in [1.54, 1.807) is 18.7 Å². The summed E-state index contributed by atoms with van der Waals surface area (Å²) in [4.78, 5) is 21.8. The van der Waals surface area contributed by atoms with E-state index in [4.69, 9.17) is 14.2 Å². The fourth-order valence-electron chi connectivity index (χ4n) is 3.75. The van der Waals surface area contributed by atoms with E-state index in [2.05, 4.69) is 9.97 Å². The van der Waals surface area contributed by atoms with Crippen LogP contribution in [0.4, 0.5) is 10.2 Å². The molecule has 1 aromatic carbocycles. The molecule has 3 rings (SSSR count). The van der Waals surface area contributed by atoms with Crippen LogP contribution in [0.5, 0.6) is 11.6 Å². The summed E-state index contributed by atoms with van der Waals surface area (Å²) in [5, 5.41) is 9.81. The molecule has 0 spiro atoms. The highest BCUT2D eigenvalue weighted by Crippen LogP contribution is 2.29. The molecule has 0 amide bonds. The first kappa shape index (κ1) is 26.7. The number of aromatic nitrogens is 2. The van der Waals surface area contributed by atoms with Crippen LogP contribution in [-0.2, 0) is 9.53 Å². The quantitative estimate of drug-likeness (QED) is 0.523. The first-order chi connectivity index (χ1) is 16.3. The molecule has 1 aliphatic heterocycles. The number of hydrogen-bond acceptors (Lipinski definition) is 8. The molecule has 2 atom stereocenters. The number of ether oxygens (including phenoxy) is 3. The summed E-state index contributed by atoms with van der Waals surface area (Å²) in [7, 11) is 0. The van der Waals surface area contributed by atoms with Gasteiger partial charge in [0.2, 0.25) is 5.82 Å². The van der Waals surface area contributed by atoms with Crippen LogP contribution in [0.3, 0.4) is 0 Å². The van der Waals surface area contributed by atoms with E-state index in [-0.39, 0.29) is 36.3 Å². The van der Waals surface area contributed by atoms with E-state index in [1.165, 1.54) is 6.33 Å². The number of esters is 1. The van der Waals surface area contributed by atoms with Crippen LogP contribution in [0.15, 0.2) is 30.6 Å². The fraction of sp³-hybridized carbons (Fsp3) is 0.577. The summed E-state index contributed by atoms with van der Waals surface area (Å²) < 4.78 is 31.8. The lowest BCUT2D eigenvalue weighted by Gasteiger charge is -2.21. The van der Waals surface area contributed by atoms with Gasteiger partial charge in [0.05, 0.1) is 18.6 Å². The Morgan fingerprint density at radius 3 is 2.51 bits per heavy atom. The van der Waals surface area contributed by atoms with Crippen molar-refractivity contribution in [3.8, 4) is 11.6 Å². The Morgan fingerprint density at radius 2 is 1.89 bits per heavy atom. The minimum Gasteiger partial charge on any atom is -0.489 e. The SMILES string of the molecule is C[C@H](CC(=O)OC(C)(C)C)c1ccc(O[C@@H]2CCN(c3ncnc(OCC(C)(C)O)c3F)C2)cc1. The van der Waals surface area contributed by atoms with E-state index in [0.717, 1.165) is 5.56 Å². The van der Waals surface area contributed by atoms with Gasteiger partial charge in [-0.2, -0.15) is 9.37 Å². The average Bonchev–Trinajstić information content (AvgIpc) is 3.19. The summed E-state index contributed by atoms with van der Waals surface area (Å²) in [6, 6.07) is 7.68. The largest absolute Gasteiger partial charge is 0.489 e. The molecule has 1 aliphatic rings. The number of aliphatic hydroxyl groups is 1. The molecule has 0 radical (unpaired) electrons. The second-order valence-electron chi connectivity index (χ2n) is 10.7. The number of rotatable bonds is 9. The summed E-state index contributed by atoms with van der Waals surface area (Å²) in [6.07, 6.45) is 2.14. The number of hydrogen-bond donors (Lipinski definition) is 1. The van der Waals surface area contributed by atoms with Crippen molar-refractivity contribution in [2.75, 3.05) is 24.6 Å². The molecule has 35 heavy (non-hydrogen) atoms. The minimum atomic E-state index is -1.10. The van der Waals surface area contributed by atoms with Crippen molar-refractivity contribution in [1.82, 2.24) is 9.97 Å². The third-order valence-corrected chi connectivity index (χ3v) is 5.39. The second kappa shape index (κ2) is 10.8. The predicted molar refractivity (Wildman–Crippen MR) is 130 cm³/mol. The zero-order valence-corrected chi connectivity index (χ0v) is 21.4. The van der Waals surface area contributed by atoms with Crippen molar-refractivity contribution in [1.29, 1.82) is 0 Å². The van der Waals surface area contributed by atoms with Gasteiger partial charge in [0, 0.05) is 13.0 Å². The Hall–Kier alpha value is -2.94. The molecule has 1 N–H and O–H groups in total. The third-order valence-electron chi connectivity index (χ3n) is 5.39. The van der Waals surface area contributed by atoms with Crippen molar-refractivity contribution in [3.63, 3.8) is 0 Å². The number of carbonyl (C=O) groups excluding carboxylic acids is 1. The van der Waals surface area contributed by atoms with E-state index in [9.17, 15) is 14.3 Å². The summed E-state index contributed by atoms with van der Waals surface area (Å²) >= 11 is 0. The predicted octanol–water partition coefficient (Wildman–Crippen LogP) is 4.26. The number of nitrogens with zero attached hydrogens (tertiary/aromatic N) is 3. The van der Waals surface area contributed by atoms with Crippen LogP contribution in [0.2, 0.25) is 0 Å². The normalized spacial score (nSPS) is 17.3. The van der Waals surface area contributed by atoms with Gasteiger partial charge in [0.1, 0.15) is 30.4 Å². The van der Waals surface area contributed by atoms with Gasteiger partial charge in [0.25, 0.3) is 5.88 Å². The van der Waals surface area contributed by atoms with Gasteiger partial charge in [0.15, 0.2) is 5.82 Å². The first-order valence-electron chi connectivity index (χ1n) is 11.9. The maximum absolute atomic E-state index is 14.9. The van der Waals surface area contributed by atoms with Gasteiger partial charge in [-0.3, -0.25) is 4.79 Å². The van der Waals surface area contributed by atoms with Crippen LogP contribution in [-0.4, -0.2) is 58.0 Å². The molecule has 0 bridgehead atoms. The molecular weight excluding hydrogens is 453 g/mol. The summed E-state index contributed by atoms with van der Waals surface area (Å²) in [5.41, 5.74) is -0.575. The highest BCUT2D eigenvalue weighted by molar-refractivity contribution is 5.71. The van der Waals surface area contributed by atoms with Gasteiger partial charge in [-0.15, -0.1) is 0 Å². The Morgan fingerprint density at radius 1 is 1.20 bits per heavy atom. The molecule has 0 unspecified atom stereocenters. The van der Waals surface area contributed by atoms with Crippen molar-refractivity contribution in [2.45, 2.75) is 77.6 Å². The molecule has 9 heteroatoms. The molecule has 2 aromatic rings. The van der Waals surface area contributed by atoms with Crippen LogP contribution in [0.25, 0.3) is 0 Å². The van der Waals surface area contributed by atoms with E-state index in [0.29, 0.717) is 31.7 Å². The van der Waals surface area contributed by atoms with Gasteiger partial charge in [-0.25, -0.2) is 4.98 Å². The highest BCUT2D eigenvalue weighted by Gasteiger charge is 2.29. The first-order valence-corrected chi connectivity index (χ1v) is 11.9. The molecule has 2 heterocycles. The van der Waals surface area contributed by atoms with Crippen LogP contribution in [0.1, 0.15) is 65.9 Å². The molecule has 1 fully saturated rings. The standard InChI is InChI=1S/C26H36FN3O5/c1-17(13-21(31)35-25(2,3)4)18-7-9-19(10-8-18)34-20-11-12-30(14-20)23-22(27)24(29-16-28-23)33-15-26(5,6)32/h7-10,16-17,20,32H,11-15H2,1-6H3/t17-,20-/m1/s1. The highest BCUT2D eigenvalue weighted by atomic mass is 19.1. The monoisotopic (exact) mass is 489 g/mol. The van der Waals surface area contributed by atoms with Gasteiger partial charge >= 0.3 is 5.97 Å². The van der Waals surface area contributed by atoms with Crippen LogP contribution in [0, 0.1) is 5.82 Å². The lowest BCUT2D eigenvalue weighted by Crippen LogP contribution is -2.29. The van der Waals surface area contributed by atoms with Gasteiger partial charge in [-0.1, -0.05) is 19.1 Å². The Balaban J connectivity index is 1.55. The molecular formula is C26H36FN3O5. The summed E-state index contributed by atoms with van der Waals surface area (Å²) in [5.74, 6) is -0.166. The zero-order chi connectivity index (χ0) is 25.8. The number of benzene rings is 1. The molecule has 0 saturated carbocycles. The lowest BCUT2D eigenvalue weighted by molar-refractivity contribution is -0.155. The Kier molecular flexibility index (Phi) is 8.20. The number of anilines is 1. The Labute approximate surface area is 206 Å². The molecule has 0 aliphatic carbocycles. The van der Waals surface area contributed by atoms with Crippen LogP contribution >= 0.6 is 0 Å². The number of carbonyl (C=O) groups is 1. The van der Waals surface area contributed by atoms with Crippen molar-refractivity contribution in [3.05, 3.63) is 42.0 Å². The average molecular weight is 490 g/mol. The van der Waals surface area contributed by atoms with E-state index < -0.39 is 17.0 Å². The van der Waals surface area contributed by atoms with Crippen molar-refractivity contribution >= 4 is 11.8 Å². The maximum atomic E-state index is 14.9. The number of halogens is 1. The zero-order valence-electron chi connectivity index (χ0n) is 21.4. The van der Waals surface area contributed by atoms with Crippen LogP contribution < -0.4 is 14.4 Å². The minimum absolute atomic E-state index is 0.0226. The molecule has 192 valence electrons. The molecule has 1 saturated heterocycles. The van der Waals surface area contributed by atoms with Crippen molar-refractivity contribution in [2.24, 2.45) is 0 Å². The summed E-state index contributed by atoms with van der Waals surface area (Å²) in [6.45, 7) is 11.7. The topological polar surface area (TPSA) is 94.0 Å². The van der Waals surface area contributed by atoms with Crippen molar-refractivity contribution < 1.29 is 28.5 Å². The maximum Gasteiger partial charge on any atom is 0.306 e. The lowest BCUT2D eigenvalue weighted by atomic mass is 9.98. The Bertz CT molecular complexity index is 1000. The molecule has 8 nitrogen and oxygen atoms in total. The molecule has 1 aromatic heterocycles. The van der Waals surface area contributed by atoms with E-state index in [1.807, 2.05) is 52.0 Å². The third kappa shape index (κ3) is 8.06. The smallest absolute Gasteiger partial charge is 0.306 e. The fourth-order valence-corrected chi connectivity index (χ4v) is 3.75. The van der Waals surface area contributed by atoms with Gasteiger partial charge in [-0.05, 0) is 58.2 Å².